The summed E-state index contributed by atoms with van der Waals surface area (Å²) in [5.74, 6) is -0.845. The van der Waals surface area contributed by atoms with E-state index >= 15 is 0 Å². The van der Waals surface area contributed by atoms with E-state index in [0.29, 0.717) is 12.2 Å². The van der Waals surface area contributed by atoms with E-state index in [4.69, 9.17) is 4.74 Å². The second-order valence-corrected chi connectivity index (χ2v) is 12.2. The summed E-state index contributed by atoms with van der Waals surface area (Å²) in [6, 6.07) is 12.0. The molecule has 0 aliphatic rings. The van der Waals surface area contributed by atoms with Gasteiger partial charge in [-0.15, -0.1) is 0 Å². The van der Waals surface area contributed by atoms with E-state index in [1.807, 2.05) is 19.9 Å². The number of ether oxygens (including phenoxy) is 1. The number of carboxylic acids is 1. The van der Waals surface area contributed by atoms with Crippen LogP contribution in [0, 0.1) is 19.3 Å². The van der Waals surface area contributed by atoms with Crippen molar-refractivity contribution in [2.75, 3.05) is 6.61 Å². The quantitative estimate of drug-likeness (QED) is 0.223. The Morgan fingerprint density at radius 2 is 1.52 bits per heavy atom. The number of hydrogen-bond acceptors (Lipinski definition) is 4. The molecule has 1 amide bonds. The monoisotopic (exact) mass is 553 g/mol. The highest BCUT2D eigenvalue weighted by molar-refractivity contribution is 5.84. The molecule has 0 aliphatic heterocycles. The van der Waals surface area contributed by atoms with Gasteiger partial charge in [-0.2, -0.15) is 0 Å². The van der Waals surface area contributed by atoms with Crippen LogP contribution in [0.3, 0.4) is 0 Å². The third kappa shape index (κ3) is 8.57. The van der Waals surface area contributed by atoms with Crippen molar-refractivity contribution in [1.29, 1.82) is 0 Å². The fourth-order valence-corrected chi connectivity index (χ4v) is 5.39. The molecule has 2 aromatic carbocycles. The van der Waals surface area contributed by atoms with E-state index in [1.165, 1.54) is 22.3 Å². The van der Waals surface area contributed by atoms with Gasteiger partial charge in [0.05, 0.1) is 6.10 Å². The van der Waals surface area contributed by atoms with Gasteiger partial charge in [0.2, 0.25) is 0 Å². The van der Waals surface area contributed by atoms with E-state index in [-0.39, 0.29) is 23.5 Å². The number of hydrogen-bond donors (Lipinski definition) is 3. The number of aliphatic hydroxyl groups excluding tert-OH is 1. The molecule has 0 aliphatic carbocycles. The van der Waals surface area contributed by atoms with Gasteiger partial charge in [0.25, 0.3) is 5.91 Å². The van der Waals surface area contributed by atoms with Gasteiger partial charge in [-0.3, -0.25) is 4.79 Å². The summed E-state index contributed by atoms with van der Waals surface area (Å²) in [5, 5.41) is 22.4. The first-order valence-electron chi connectivity index (χ1n) is 14.8. The van der Waals surface area contributed by atoms with Crippen molar-refractivity contribution >= 4 is 11.9 Å². The Hall–Kier alpha value is -2.86. The molecular weight excluding hydrogens is 502 g/mol. The molecule has 6 nitrogen and oxygen atoms in total. The summed E-state index contributed by atoms with van der Waals surface area (Å²) in [4.78, 5) is 23.8. The number of aliphatic hydroxyl groups is 1. The first-order valence-corrected chi connectivity index (χ1v) is 14.8. The minimum absolute atomic E-state index is 0.125. The predicted molar refractivity (Wildman–Crippen MR) is 162 cm³/mol. The molecule has 0 saturated carbocycles. The Bertz CT molecular complexity index is 1130. The van der Waals surface area contributed by atoms with Crippen LogP contribution in [0.15, 0.2) is 36.4 Å². The fraction of sp³-hybridized carbons (Fsp3) is 0.588. The number of amides is 1. The van der Waals surface area contributed by atoms with Gasteiger partial charge in [-0.1, -0.05) is 84.7 Å². The second kappa shape index (κ2) is 14.7. The van der Waals surface area contributed by atoms with Gasteiger partial charge in [-0.25, -0.2) is 4.79 Å². The first kappa shape index (κ1) is 33.3. The fourth-order valence-electron chi connectivity index (χ4n) is 5.39. The SMILES string of the molecule is CCCCC(NC(=O)COc1ccc(C(CC)(CC)c2ccc(CC[C@H](O)C(C)(C)C)c(C)c2)cc1C)C(=O)O. The zero-order chi connectivity index (χ0) is 30.1. The van der Waals surface area contributed by atoms with Crippen molar-refractivity contribution in [3.8, 4) is 5.75 Å². The Labute approximate surface area is 241 Å². The van der Waals surface area contributed by atoms with Crippen LogP contribution in [0.5, 0.6) is 5.75 Å². The molecule has 0 heterocycles. The van der Waals surface area contributed by atoms with Gasteiger partial charge >= 0.3 is 5.97 Å². The Kier molecular flexibility index (Phi) is 12.2. The van der Waals surface area contributed by atoms with Crippen LogP contribution in [-0.2, 0) is 21.4 Å². The number of aliphatic carboxylic acids is 1. The average Bonchev–Trinajstić information content (AvgIpc) is 2.90. The minimum atomic E-state index is -1.02. The number of nitrogens with one attached hydrogen (secondary N) is 1. The third-order valence-corrected chi connectivity index (χ3v) is 8.36. The van der Waals surface area contributed by atoms with E-state index in [1.54, 1.807) is 0 Å². The number of aryl methyl sites for hydroxylation is 3. The summed E-state index contributed by atoms with van der Waals surface area (Å²) in [6.07, 6.45) is 5.11. The second-order valence-electron chi connectivity index (χ2n) is 12.2. The largest absolute Gasteiger partial charge is 0.484 e. The number of benzene rings is 2. The summed E-state index contributed by atoms with van der Waals surface area (Å²) in [6.45, 7) is 16.5. The lowest BCUT2D eigenvalue weighted by Gasteiger charge is -2.34. The highest BCUT2D eigenvalue weighted by Crippen LogP contribution is 2.41. The summed E-state index contributed by atoms with van der Waals surface area (Å²) in [5.41, 5.74) is 5.63. The van der Waals surface area contributed by atoms with Crippen LogP contribution in [-0.4, -0.2) is 40.8 Å². The van der Waals surface area contributed by atoms with Crippen LogP contribution in [0.2, 0.25) is 0 Å². The average molecular weight is 554 g/mol. The molecule has 2 atom stereocenters. The van der Waals surface area contributed by atoms with Gasteiger partial charge < -0.3 is 20.3 Å². The molecule has 0 radical (unpaired) electrons. The lowest BCUT2D eigenvalue weighted by atomic mass is 9.69. The molecule has 0 aromatic heterocycles. The summed E-state index contributed by atoms with van der Waals surface area (Å²) < 4.78 is 5.80. The van der Waals surface area contributed by atoms with E-state index in [9.17, 15) is 19.8 Å². The number of carbonyl (C=O) groups excluding carboxylic acids is 1. The molecule has 0 spiro atoms. The van der Waals surface area contributed by atoms with Gasteiger partial charge in [0, 0.05) is 5.41 Å². The van der Waals surface area contributed by atoms with Crippen LogP contribution in [0.25, 0.3) is 0 Å². The van der Waals surface area contributed by atoms with E-state index in [0.717, 1.165) is 44.1 Å². The van der Waals surface area contributed by atoms with Crippen molar-refractivity contribution in [1.82, 2.24) is 5.32 Å². The zero-order valence-corrected chi connectivity index (χ0v) is 25.9. The number of unbranched alkanes of at least 4 members (excludes halogenated alkanes) is 1. The van der Waals surface area contributed by atoms with Crippen LogP contribution >= 0.6 is 0 Å². The summed E-state index contributed by atoms with van der Waals surface area (Å²) >= 11 is 0. The van der Waals surface area contributed by atoms with Crippen molar-refractivity contribution in [3.63, 3.8) is 0 Å². The molecule has 1 unspecified atom stereocenters. The van der Waals surface area contributed by atoms with Crippen molar-refractivity contribution in [3.05, 3.63) is 64.2 Å². The molecule has 2 aromatic rings. The molecule has 0 fully saturated rings. The smallest absolute Gasteiger partial charge is 0.326 e. The third-order valence-electron chi connectivity index (χ3n) is 8.36. The van der Waals surface area contributed by atoms with Crippen molar-refractivity contribution in [2.24, 2.45) is 5.41 Å². The van der Waals surface area contributed by atoms with Crippen molar-refractivity contribution < 1.29 is 24.5 Å². The maximum Gasteiger partial charge on any atom is 0.326 e. The van der Waals surface area contributed by atoms with E-state index < -0.39 is 17.9 Å². The lowest BCUT2D eigenvalue weighted by molar-refractivity contribution is -0.142. The maximum absolute atomic E-state index is 12.4. The maximum atomic E-state index is 12.4. The molecular formula is C34H51NO5. The Morgan fingerprint density at radius 1 is 0.925 bits per heavy atom. The molecule has 0 saturated heterocycles. The van der Waals surface area contributed by atoms with Crippen LogP contribution < -0.4 is 10.1 Å². The lowest BCUT2D eigenvalue weighted by Crippen LogP contribution is -2.42. The highest BCUT2D eigenvalue weighted by Gasteiger charge is 2.32. The standard InChI is InChI=1S/C34H51NO5/c1-9-12-13-28(32(38)39)35-31(37)22-40-29-18-17-27(21-24(29)5)34(10-2,11-3)26-16-14-25(23(4)20-26)15-19-30(36)33(6,7)8/h14,16-18,20-21,28,30,36H,9-13,15,19,22H2,1-8H3,(H,35,37)(H,38,39)/t28?,30-/m0/s1. The number of rotatable bonds is 15. The molecule has 2 rings (SSSR count). The molecule has 40 heavy (non-hydrogen) atoms. The number of carboxylic acid groups (broad SMARTS) is 1. The van der Waals surface area contributed by atoms with E-state index in [2.05, 4.69) is 77.2 Å². The van der Waals surface area contributed by atoms with Crippen LogP contribution in [0.1, 0.15) is 108 Å². The normalized spacial score (nSPS) is 13.5. The van der Waals surface area contributed by atoms with Gasteiger partial charge in [0.1, 0.15) is 11.8 Å². The number of carbonyl (C=O) groups is 2. The topological polar surface area (TPSA) is 95.9 Å². The minimum Gasteiger partial charge on any atom is -0.484 e. The molecule has 3 N–H and O–H groups in total. The van der Waals surface area contributed by atoms with Gasteiger partial charge in [-0.05, 0) is 85.3 Å². The first-order chi connectivity index (χ1) is 18.8. The van der Waals surface area contributed by atoms with Gasteiger partial charge in [0.15, 0.2) is 6.61 Å². The molecule has 6 heteroatoms. The van der Waals surface area contributed by atoms with Crippen LogP contribution in [0.4, 0.5) is 0 Å². The zero-order valence-electron chi connectivity index (χ0n) is 25.9. The Morgan fingerprint density at radius 3 is 2.02 bits per heavy atom. The molecule has 0 bridgehead atoms. The highest BCUT2D eigenvalue weighted by atomic mass is 16.5. The summed E-state index contributed by atoms with van der Waals surface area (Å²) in [7, 11) is 0. The Balaban J connectivity index is 2.20. The molecule has 222 valence electrons. The van der Waals surface area contributed by atoms with Crippen molar-refractivity contribution in [2.45, 2.75) is 118 Å². The predicted octanol–water partition coefficient (Wildman–Crippen LogP) is 6.89.